The van der Waals surface area contributed by atoms with Gasteiger partial charge in [-0.15, -0.1) is 0 Å². The maximum absolute atomic E-state index is 13.4. The third kappa shape index (κ3) is 3.41. The number of carbonyl (C=O) groups is 1. The minimum Gasteiger partial charge on any atom is -0.444 e. The maximum atomic E-state index is 13.4. The predicted molar refractivity (Wildman–Crippen MR) is 119 cm³/mol. The van der Waals surface area contributed by atoms with Crippen molar-refractivity contribution in [1.82, 2.24) is 4.31 Å². The van der Waals surface area contributed by atoms with Crippen LogP contribution in [-0.4, -0.2) is 37.9 Å². The standard InChI is InChI=1S/C23H23N3O4S/c24-18-8-9-21-17(14-18)15-30-23(27)26(21)19-10-12-25(13-11-19)31(28,29)22-7-3-5-16-4-1-2-6-20(16)22/h1-9,14,19H,10-13,15,24H2. The Morgan fingerprint density at radius 3 is 2.52 bits per heavy atom. The average molecular weight is 438 g/mol. The number of rotatable bonds is 3. The summed E-state index contributed by atoms with van der Waals surface area (Å²) in [5.74, 6) is 0. The summed E-state index contributed by atoms with van der Waals surface area (Å²) in [5.41, 5.74) is 8.15. The Labute approximate surface area is 181 Å². The van der Waals surface area contributed by atoms with E-state index in [1.165, 1.54) is 4.31 Å². The number of nitrogen functional groups attached to an aromatic ring is 1. The van der Waals surface area contributed by atoms with Crippen LogP contribution in [0.3, 0.4) is 0 Å². The fourth-order valence-corrected chi connectivity index (χ4v) is 6.19. The largest absolute Gasteiger partial charge is 0.444 e. The molecule has 2 heterocycles. The minimum absolute atomic E-state index is 0.130. The summed E-state index contributed by atoms with van der Waals surface area (Å²) in [6.45, 7) is 0.874. The number of sulfonamides is 1. The van der Waals surface area contributed by atoms with Crippen molar-refractivity contribution in [2.45, 2.75) is 30.4 Å². The molecular weight excluding hydrogens is 414 g/mol. The first kappa shape index (κ1) is 19.8. The molecule has 3 aromatic rings. The third-order valence-electron chi connectivity index (χ3n) is 6.07. The number of piperidine rings is 1. The number of anilines is 2. The van der Waals surface area contributed by atoms with Gasteiger partial charge in [0.1, 0.15) is 6.61 Å². The molecule has 5 rings (SSSR count). The summed E-state index contributed by atoms with van der Waals surface area (Å²) >= 11 is 0. The molecule has 8 heteroatoms. The van der Waals surface area contributed by atoms with Crippen LogP contribution >= 0.6 is 0 Å². The Bertz CT molecular complexity index is 1260. The van der Waals surface area contributed by atoms with E-state index in [0.717, 1.165) is 22.0 Å². The monoisotopic (exact) mass is 437 g/mol. The number of hydrogen-bond donors (Lipinski definition) is 1. The topological polar surface area (TPSA) is 92.9 Å². The number of carbonyl (C=O) groups excluding carboxylic acids is 1. The van der Waals surface area contributed by atoms with Gasteiger partial charge in [0.2, 0.25) is 10.0 Å². The molecule has 160 valence electrons. The molecule has 2 N–H and O–H groups in total. The number of fused-ring (bicyclic) bond motifs is 2. The number of amides is 1. The highest BCUT2D eigenvalue weighted by Gasteiger charge is 2.37. The summed E-state index contributed by atoms with van der Waals surface area (Å²) in [6, 6.07) is 18.1. The summed E-state index contributed by atoms with van der Waals surface area (Å²) < 4.78 is 33.6. The van der Waals surface area contributed by atoms with Crippen molar-refractivity contribution in [3.63, 3.8) is 0 Å². The second-order valence-electron chi connectivity index (χ2n) is 7.93. The molecule has 0 radical (unpaired) electrons. The normalized spacial score (nSPS) is 18.1. The lowest BCUT2D eigenvalue weighted by molar-refractivity contribution is 0.136. The van der Waals surface area contributed by atoms with Gasteiger partial charge in [-0.3, -0.25) is 4.90 Å². The van der Waals surface area contributed by atoms with Crippen molar-refractivity contribution in [3.8, 4) is 0 Å². The average Bonchev–Trinajstić information content (AvgIpc) is 2.79. The molecule has 0 saturated carbocycles. The van der Waals surface area contributed by atoms with E-state index in [1.54, 1.807) is 23.1 Å². The van der Waals surface area contributed by atoms with E-state index in [1.807, 2.05) is 42.5 Å². The molecule has 0 unspecified atom stereocenters. The van der Waals surface area contributed by atoms with Gasteiger partial charge in [-0.25, -0.2) is 13.2 Å². The van der Waals surface area contributed by atoms with Crippen molar-refractivity contribution in [2.75, 3.05) is 23.7 Å². The van der Waals surface area contributed by atoms with E-state index in [0.29, 0.717) is 36.5 Å². The molecule has 3 aromatic carbocycles. The van der Waals surface area contributed by atoms with Gasteiger partial charge in [0.05, 0.1) is 10.6 Å². The van der Waals surface area contributed by atoms with E-state index < -0.39 is 16.1 Å². The van der Waals surface area contributed by atoms with E-state index in [9.17, 15) is 13.2 Å². The number of cyclic esters (lactones) is 1. The van der Waals surface area contributed by atoms with E-state index in [4.69, 9.17) is 10.5 Å². The lowest BCUT2D eigenvalue weighted by Gasteiger charge is -2.39. The highest BCUT2D eigenvalue weighted by Crippen LogP contribution is 2.34. The Hall–Kier alpha value is -3.10. The van der Waals surface area contributed by atoms with Gasteiger partial charge in [0.25, 0.3) is 0 Å². The van der Waals surface area contributed by atoms with Crippen LogP contribution in [0.25, 0.3) is 10.8 Å². The van der Waals surface area contributed by atoms with Crippen molar-refractivity contribution in [3.05, 3.63) is 66.2 Å². The van der Waals surface area contributed by atoms with E-state index >= 15 is 0 Å². The fraction of sp³-hybridized carbons (Fsp3) is 0.261. The van der Waals surface area contributed by atoms with Crippen LogP contribution in [0.5, 0.6) is 0 Å². The lowest BCUT2D eigenvalue weighted by atomic mass is 10.0. The van der Waals surface area contributed by atoms with Crippen LogP contribution in [0.2, 0.25) is 0 Å². The van der Waals surface area contributed by atoms with Crippen molar-refractivity contribution in [2.24, 2.45) is 0 Å². The van der Waals surface area contributed by atoms with Gasteiger partial charge < -0.3 is 10.5 Å². The van der Waals surface area contributed by atoms with Crippen LogP contribution in [0.15, 0.2) is 65.6 Å². The van der Waals surface area contributed by atoms with Gasteiger partial charge in [0, 0.05) is 35.8 Å². The highest BCUT2D eigenvalue weighted by molar-refractivity contribution is 7.89. The first-order chi connectivity index (χ1) is 14.9. The Kier molecular flexibility index (Phi) is 4.83. The third-order valence-corrected chi connectivity index (χ3v) is 8.02. The molecule has 0 aromatic heterocycles. The zero-order valence-electron chi connectivity index (χ0n) is 16.9. The molecule has 0 atom stereocenters. The first-order valence-electron chi connectivity index (χ1n) is 10.3. The second-order valence-corrected chi connectivity index (χ2v) is 9.83. The summed E-state index contributed by atoms with van der Waals surface area (Å²) in [4.78, 5) is 14.5. The lowest BCUT2D eigenvalue weighted by Crippen LogP contribution is -2.50. The van der Waals surface area contributed by atoms with Gasteiger partial charge in [-0.2, -0.15) is 4.31 Å². The summed E-state index contributed by atoms with van der Waals surface area (Å²) in [6.07, 6.45) is 0.666. The zero-order chi connectivity index (χ0) is 21.6. The number of ether oxygens (including phenoxy) is 1. The molecule has 0 spiro atoms. The Balaban J connectivity index is 1.39. The number of nitrogens with two attached hydrogens (primary N) is 1. The smallest absolute Gasteiger partial charge is 0.414 e. The Morgan fingerprint density at radius 1 is 0.968 bits per heavy atom. The second kappa shape index (κ2) is 7.55. The van der Waals surface area contributed by atoms with Crippen LogP contribution in [-0.2, 0) is 21.4 Å². The van der Waals surface area contributed by atoms with E-state index in [2.05, 4.69) is 0 Å². The van der Waals surface area contributed by atoms with Gasteiger partial charge in [-0.1, -0.05) is 36.4 Å². The number of hydrogen-bond acceptors (Lipinski definition) is 5. The zero-order valence-corrected chi connectivity index (χ0v) is 17.7. The number of benzene rings is 3. The molecule has 0 bridgehead atoms. The molecule has 2 aliphatic heterocycles. The molecule has 1 amide bonds. The maximum Gasteiger partial charge on any atom is 0.414 e. The Morgan fingerprint density at radius 2 is 1.71 bits per heavy atom. The molecule has 0 aliphatic carbocycles. The number of nitrogens with zero attached hydrogens (tertiary/aromatic N) is 2. The summed E-state index contributed by atoms with van der Waals surface area (Å²) in [7, 11) is -3.64. The molecule has 1 fully saturated rings. The molecule has 7 nitrogen and oxygen atoms in total. The van der Waals surface area contributed by atoms with Gasteiger partial charge in [-0.05, 0) is 42.5 Å². The highest BCUT2D eigenvalue weighted by atomic mass is 32.2. The summed E-state index contributed by atoms with van der Waals surface area (Å²) in [5, 5.41) is 1.61. The molecule has 1 saturated heterocycles. The molecule has 31 heavy (non-hydrogen) atoms. The van der Waals surface area contributed by atoms with Crippen LogP contribution in [0, 0.1) is 0 Å². The van der Waals surface area contributed by atoms with Gasteiger partial charge in [0.15, 0.2) is 0 Å². The molecular formula is C23H23N3O4S. The minimum atomic E-state index is -3.64. The van der Waals surface area contributed by atoms with Crippen LogP contribution < -0.4 is 10.6 Å². The predicted octanol–water partition coefficient (Wildman–Crippen LogP) is 3.73. The van der Waals surface area contributed by atoms with Crippen LogP contribution in [0.1, 0.15) is 18.4 Å². The molecule has 2 aliphatic rings. The van der Waals surface area contributed by atoms with Crippen molar-refractivity contribution in [1.29, 1.82) is 0 Å². The van der Waals surface area contributed by atoms with Gasteiger partial charge >= 0.3 is 6.09 Å². The van der Waals surface area contributed by atoms with Crippen molar-refractivity contribution >= 4 is 38.3 Å². The SMILES string of the molecule is Nc1ccc2c(c1)COC(=O)N2C1CCN(S(=O)(=O)c2cccc3ccccc23)CC1. The van der Waals surface area contributed by atoms with Crippen LogP contribution in [0.4, 0.5) is 16.2 Å². The quantitative estimate of drug-likeness (QED) is 0.630. The van der Waals surface area contributed by atoms with Crippen molar-refractivity contribution < 1.29 is 17.9 Å². The first-order valence-corrected chi connectivity index (χ1v) is 11.7. The van der Waals surface area contributed by atoms with E-state index in [-0.39, 0.29) is 12.6 Å². The fourth-order valence-electron chi connectivity index (χ4n) is 4.51.